The van der Waals surface area contributed by atoms with Crippen molar-refractivity contribution in [2.45, 2.75) is 50.2 Å². The lowest BCUT2D eigenvalue weighted by Crippen LogP contribution is -2.56. The van der Waals surface area contributed by atoms with Crippen LogP contribution >= 0.6 is 0 Å². The number of aliphatic hydroxyl groups is 1. The van der Waals surface area contributed by atoms with Crippen molar-refractivity contribution in [1.29, 1.82) is 0 Å². The third-order valence-electron chi connectivity index (χ3n) is 5.51. The predicted octanol–water partition coefficient (Wildman–Crippen LogP) is 3.58. The van der Waals surface area contributed by atoms with Crippen molar-refractivity contribution in [2.75, 3.05) is 6.61 Å². The first kappa shape index (κ1) is 16.3. The lowest BCUT2D eigenvalue weighted by molar-refractivity contribution is -0.172. The zero-order valence-electron chi connectivity index (χ0n) is 14.2. The Labute approximate surface area is 146 Å². The minimum Gasteiger partial charge on any atom is -0.464 e. The zero-order valence-corrected chi connectivity index (χ0v) is 14.2. The monoisotopic (exact) mass is 343 g/mol. The number of aliphatic hydroxyl groups excluding tert-OH is 1. The second-order valence-corrected chi connectivity index (χ2v) is 6.98. The van der Waals surface area contributed by atoms with Crippen LogP contribution in [0.3, 0.4) is 0 Å². The fourth-order valence-electron chi connectivity index (χ4n) is 3.98. The van der Waals surface area contributed by atoms with Crippen molar-refractivity contribution in [3.8, 4) is 11.3 Å². The predicted molar refractivity (Wildman–Crippen MR) is 91.6 cm³/mol. The molecular formula is C20H22FNO3. The molecule has 0 radical (unpaired) electrons. The van der Waals surface area contributed by atoms with Crippen LogP contribution in [-0.4, -0.2) is 28.4 Å². The van der Waals surface area contributed by atoms with Crippen LogP contribution in [0.25, 0.3) is 11.3 Å². The minimum absolute atomic E-state index is 0.244. The number of esters is 1. The Morgan fingerprint density at radius 1 is 1.20 bits per heavy atom. The quantitative estimate of drug-likeness (QED) is 0.863. The van der Waals surface area contributed by atoms with Crippen LogP contribution in [-0.2, 0) is 15.1 Å². The summed E-state index contributed by atoms with van der Waals surface area (Å²) in [6.45, 7) is 2.15. The van der Waals surface area contributed by atoms with Gasteiger partial charge in [-0.3, -0.25) is 0 Å². The van der Waals surface area contributed by atoms with Crippen molar-refractivity contribution < 1.29 is 19.0 Å². The molecule has 0 bridgehead atoms. The van der Waals surface area contributed by atoms with Crippen LogP contribution in [0.15, 0.2) is 36.4 Å². The van der Waals surface area contributed by atoms with Gasteiger partial charge in [0, 0.05) is 17.8 Å². The van der Waals surface area contributed by atoms with Gasteiger partial charge in [0.2, 0.25) is 0 Å². The molecule has 1 saturated heterocycles. The Kier molecular flexibility index (Phi) is 3.91. The van der Waals surface area contributed by atoms with E-state index in [1.165, 1.54) is 12.1 Å². The summed E-state index contributed by atoms with van der Waals surface area (Å²) < 4.78 is 20.7. The lowest BCUT2D eigenvalue weighted by atomic mass is 9.84. The largest absolute Gasteiger partial charge is 0.464 e. The molecule has 0 spiro atoms. The summed E-state index contributed by atoms with van der Waals surface area (Å²) in [7, 11) is 0. The molecule has 4 nitrogen and oxygen atoms in total. The number of nitrogens with zero attached hydrogens (tertiary/aromatic N) is 1. The average molecular weight is 343 g/mol. The highest BCUT2D eigenvalue weighted by Crippen LogP contribution is 2.47. The van der Waals surface area contributed by atoms with Crippen LogP contribution in [0.4, 0.5) is 4.39 Å². The van der Waals surface area contributed by atoms with Crippen molar-refractivity contribution in [3.05, 3.63) is 47.9 Å². The van der Waals surface area contributed by atoms with E-state index in [2.05, 4.69) is 0 Å². The van der Waals surface area contributed by atoms with E-state index in [1.807, 2.05) is 23.6 Å². The molecule has 2 unspecified atom stereocenters. The number of aromatic nitrogens is 1. The zero-order chi connectivity index (χ0) is 17.6. The Bertz CT molecular complexity index is 794. The smallest absolute Gasteiger partial charge is 0.335 e. The molecule has 2 aliphatic rings. The first-order valence-corrected chi connectivity index (χ1v) is 8.91. The number of carbonyl (C=O) groups is 1. The molecule has 0 amide bonds. The van der Waals surface area contributed by atoms with Crippen molar-refractivity contribution in [2.24, 2.45) is 0 Å². The summed E-state index contributed by atoms with van der Waals surface area (Å²) in [5.41, 5.74) is 1.58. The molecule has 2 aromatic rings. The maximum atomic E-state index is 13.3. The number of benzene rings is 1. The van der Waals surface area contributed by atoms with Gasteiger partial charge in [0.1, 0.15) is 5.82 Å². The molecule has 1 aliphatic carbocycles. The molecule has 2 heterocycles. The van der Waals surface area contributed by atoms with E-state index in [4.69, 9.17) is 4.74 Å². The second kappa shape index (κ2) is 5.99. The first-order valence-electron chi connectivity index (χ1n) is 8.91. The van der Waals surface area contributed by atoms with Gasteiger partial charge in [0.25, 0.3) is 0 Å². The van der Waals surface area contributed by atoms with Crippen LogP contribution in [0.5, 0.6) is 0 Å². The van der Waals surface area contributed by atoms with Gasteiger partial charge in [-0.15, -0.1) is 0 Å². The first-order chi connectivity index (χ1) is 12.1. The summed E-state index contributed by atoms with van der Waals surface area (Å²) in [6.07, 6.45) is 2.22. The number of hydrogen-bond donors (Lipinski definition) is 1. The van der Waals surface area contributed by atoms with Crippen molar-refractivity contribution >= 4 is 5.97 Å². The lowest BCUT2D eigenvalue weighted by Gasteiger charge is -2.42. The Morgan fingerprint density at radius 3 is 2.52 bits per heavy atom. The van der Waals surface area contributed by atoms with Crippen molar-refractivity contribution in [3.63, 3.8) is 0 Å². The number of carbonyl (C=O) groups excluding carboxylic acids is 1. The molecule has 4 rings (SSSR count). The Hall–Kier alpha value is -2.14. The SMILES string of the molecule is CCC1(n2c(-c3ccc(F)cc3)ccc2C2CC2)C(=O)OCCC1O. The van der Waals surface area contributed by atoms with E-state index in [9.17, 15) is 14.3 Å². The highest BCUT2D eigenvalue weighted by atomic mass is 19.1. The third kappa shape index (κ3) is 2.49. The minimum atomic E-state index is -1.12. The number of cyclic esters (lactones) is 1. The van der Waals surface area contributed by atoms with E-state index >= 15 is 0 Å². The fraction of sp³-hybridized carbons (Fsp3) is 0.450. The molecule has 5 heteroatoms. The second-order valence-electron chi connectivity index (χ2n) is 6.98. The van der Waals surface area contributed by atoms with E-state index in [0.29, 0.717) is 18.8 Å². The summed E-state index contributed by atoms with van der Waals surface area (Å²) in [6, 6.07) is 10.2. The molecule has 1 aliphatic heterocycles. The topological polar surface area (TPSA) is 51.5 Å². The van der Waals surface area contributed by atoms with E-state index < -0.39 is 11.6 Å². The third-order valence-corrected chi connectivity index (χ3v) is 5.51. The molecule has 1 aromatic carbocycles. The van der Waals surface area contributed by atoms with E-state index in [-0.39, 0.29) is 18.4 Å². The molecule has 132 valence electrons. The number of ether oxygens (including phenoxy) is 1. The highest BCUT2D eigenvalue weighted by molar-refractivity contribution is 5.82. The van der Waals surface area contributed by atoms with Gasteiger partial charge in [-0.2, -0.15) is 0 Å². The standard InChI is InChI=1S/C20H22FNO3/c1-2-20(18(23)11-12-25-19(20)24)22-16(13-3-4-13)9-10-17(22)14-5-7-15(21)8-6-14/h5-10,13,18,23H,2-4,11-12H2,1H3. The number of halogens is 1. The van der Waals surface area contributed by atoms with Crippen molar-refractivity contribution in [1.82, 2.24) is 4.57 Å². The molecule has 1 N–H and O–H groups in total. The molecule has 25 heavy (non-hydrogen) atoms. The summed E-state index contributed by atoms with van der Waals surface area (Å²) in [5.74, 6) is -0.277. The summed E-state index contributed by atoms with van der Waals surface area (Å²) >= 11 is 0. The van der Waals surface area contributed by atoms with Gasteiger partial charge in [0.05, 0.1) is 12.7 Å². The summed E-state index contributed by atoms with van der Waals surface area (Å²) in [4.78, 5) is 12.8. The van der Waals surface area contributed by atoms with Gasteiger partial charge < -0.3 is 14.4 Å². The number of hydrogen-bond acceptors (Lipinski definition) is 3. The molecular weight excluding hydrogens is 321 g/mol. The van der Waals surface area contributed by atoms with Crippen LogP contribution in [0.1, 0.15) is 44.2 Å². The number of rotatable bonds is 4. The molecule has 1 saturated carbocycles. The Balaban J connectivity index is 1.93. The maximum absolute atomic E-state index is 13.3. The van der Waals surface area contributed by atoms with Gasteiger partial charge >= 0.3 is 5.97 Å². The van der Waals surface area contributed by atoms with Crippen LogP contribution in [0.2, 0.25) is 0 Å². The fourth-order valence-corrected chi connectivity index (χ4v) is 3.98. The highest BCUT2D eigenvalue weighted by Gasteiger charge is 2.52. The van der Waals surface area contributed by atoms with Gasteiger partial charge in [0.15, 0.2) is 5.54 Å². The van der Waals surface area contributed by atoms with Gasteiger partial charge in [-0.25, -0.2) is 9.18 Å². The van der Waals surface area contributed by atoms with E-state index in [1.54, 1.807) is 12.1 Å². The molecule has 2 fully saturated rings. The average Bonchev–Trinajstić information content (AvgIpc) is 3.36. The molecule has 1 aromatic heterocycles. The van der Waals surface area contributed by atoms with Gasteiger partial charge in [-0.05, 0) is 67.1 Å². The normalized spacial score (nSPS) is 26.5. The van der Waals surface area contributed by atoms with Gasteiger partial charge in [-0.1, -0.05) is 6.92 Å². The molecule has 2 atom stereocenters. The Morgan fingerprint density at radius 2 is 1.92 bits per heavy atom. The summed E-state index contributed by atoms with van der Waals surface area (Å²) in [5, 5.41) is 10.8. The maximum Gasteiger partial charge on any atom is 0.335 e. The van der Waals surface area contributed by atoms with Crippen LogP contribution < -0.4 is 0 Å². The van der Waals surface area contributed by atoms with Crippen LogP contribution in [0, 0.1) is 5.82 Å². The van der Waals surface area contributed by atoms with E-state index in [0.717, 1.165) is 29.8 Å².